The highest BCUT2D eigenvalue weighted by atomic mass is 16.5. The minimum Gasteiger partial charge on any atom is -0.507 e. The molecule has 0 spiro atoms. The van der Waals surface area contributed by atoms with Gasteiger partial charge >= 0.3 is 0 Å². The highest BCUT2D eigenvalue weighted by Crippen LogP contribution is 2.44. The van der Waals surface area contributed by atoms with Crippen LogP contribution >= 0.6 is 0 Å². The molecular formula is C29H26N2O4. The van der Waals surface area contributed by atoms with Gasteiger partial charge in [0, 0.05) is 33.9 Å². The van der Waals surface area contributed by atoms with Gasteiger partial charge in [-0.1, -0.05) is 35.9 Å². The van der Waals surface area contributed by atoms with E-state index in [0.717, 1.165) is 27.6 Å². The number of aliphatic hydroxyl groups is 1. The van der Waals surface area contributed by atoms with Crippen molar-refractivity contribution < 1.29 is 19.4 Å². The maximum atomic E-state index is 13.5. The molecule has 5 rings (SSSR count). The average Bonchev–Trinajstić information content (AvgIpc) is 3.39. The molecule has 6 nitrogen and oxygen atoms in total. The number of Topliss-reactive ketones (excluding diaryl/α,β-unsaturated/α-hetero) is 1. The number of aryl methyl sites for hydroxylation is 2. The number of fused-ring (bicyclic) bond motifs is 1. The monoisotopic (exact) mass is 466 g/mol. The van der Waals surface area contributed by atoms with Gasteiger partial charge in [-0.3, -0.25) is 14.5 Å². The maximum absolute atomic E-state index is 13.5. The first kappa shape index (κ1) is 22.5. The lowest BCUT2D eigenvalue weighted by Gasteiger charge is -2.25. The molecular weight excluding hydrogens is 440 g/mol. The summed E-state index contributed by atoms with van der Waals surface area (Å²) >= 11 is 0. The molecule has 1 aliphatic heterocycles. The largest absolute Gasteiger partial charge is 0.507 e. The number of ether oxygens (including phenoxy) is 1. The molecule has 176 valence electrons. The molecule has 4 aromatic rings. The predicted octanol–water partition coefficient (Wildman–Crippen LogP) is 5.81. The molecule has 3 aromatic carbocycles. The molecule has 0 saturated carbocycles. The third kappa shape index (κ3) is 3.77. The number of nitrogens with one attached hydrogen (secondary N) is 1. The first-order valence-corrected chi connectivity index (χ1v) is 11.6. The van der Waals surface area contributed by atoms with Crippen LogP contribution in [-0.4, -0.2) is 28.4 Å². The number of nitrogens with zero attached hydrogens (tertiary/aromatic N) is 1. The molecule has 2 N–H and O–H groups in total. The molecule has 1 fully saturated rings. The first-order valence-electron chi connectivity index (χ1n) is 11.6. The van der Waals surface area contributed by atoms with Crippen LogP contribution in [0.3, 0.4) is 0 Å². The van der Waals surface area contributed by atoms with E-state index in [4.69, 9.17) is 4.74 Å². The third-order valence-corrected chi connectivity index (χ3v) is 6.43. The van der Waals surface area contributed by atoms with Crippen molar-refractivity contribution >= 4 is 34.0 Å². The van der Waals surface area contributed by atoms with Crippen molar-refractivity contribution in [3.63, 3.8) is 0 Å². The molecule has 6 heteroatoms. The van der Waals surface area contributed by atoms with Gasteiger partial charge in [0.2, 0.25) is 0 Å². The van der Waals surface area contributed by atoms with Crippen molar-refractivity contribution in [2.75, 3.05) is 11.5 Å². The van der Waals surface area contributed by atoms with Gasteiger partial charge in [-0.25, -0.2) is 0 Å². The lowest BCUT2D eigenvalue weighted by molar-refractivity contribution is -0.132. The zero-order valence-electron chi connectivity index (χ0n) is 19.8. The topological polar surface area (TPSA) is 82.6 Å². The van der Waals surface area contributed by atoms with Gasteiger partial charge in [-0.15, -0.1) is 0 Å². The number of benzene rings is 3. The molecule has 0 radical (unpaired) electrons. The number of aromatic amines is 1. The standard InChI is InChI=1S/C29H26N2O4/c1-4-35-20-13-11-19(12-14-20)31-26(23-16-30-24-8-6-5-7-21(23)24)25(28(33)29(31)34)27(32)22-15-17(2)9-10-18(22)3/h5-16,26,30,32H,4H2,1-3H3/b27-25+. The van der Waals surface area contributed by atoms with E-state index < -0.39 is 17.7 Å². The Kier molecular flexibility index (Phi) is 5.65. The minimum absolute atomic E-state index is 0.0716. The molecule has 2 heterocycles. The van der Waals surface area contributed by atoms with E-state index in [-0.39, 0.29) is 11.3 Å². The van der Waals surface area contributed by atoms with Crippen LogP contribution in [0.5, 0.6) is 5.75 Å². The van der Waals surface area contributed by atoms with Gasteiger partial charge in [-0.2, -0.15) is 0 Å². The van der Waals surface area contributed by atoms with Crippen LogP contribution < -0.4 is 9.64 Å². The first-order chi connectivity index (χ1) is 16.9. The van der Waals surface area contributed by atoms with E-state index in [1.165, 1.54) is 4.90 Å². The summed E-state index contributed by atoms with van der Waals surface area (Å²) in [5, 5.41) is 12.4. The Morgan fingerprint density at radius 2 is 1.77 bits per heavy atom. The van der Waals surface area contributed by atoms with E-state index in [9.17, 15) is 14.7 Å². The third-order valence-electron chi connectivity index (χ3n) is 6.43. The van der Waals surface area contributed by atoms with Crippen molar-refractivity contribution in [1.29, 1.82) is 0 Å². The van der Waals surface area contributed by atoms with Crippen molar-refractivity contribution in [3.05, 3.63) is 101 Å². The Balaban J connectivity index is 1.75. The van der Waals surface area contributed by atoms with Crippen molar-refractivity contribution in [1.82, 2.24) is 4.98 Å². The zero-order valence-corrected chi connectivity index (χ0v) is 19.8. The molecule has 0 bridgehead atoms. The summed E-state index contributed by atoms with van der Waals surface area (Å²) in [7, 11) is 0. The van der Waals surface area contributed by atoms with Crippen LogP contribution in [0.25, 0.3) is 16.7 Å². The Hall–Kier alpha value is -4.32. The number of anilines is 1. The highest BCUT2D eigenvalue weighted by Gasteiger charge is 2.47. The van der Waals surface area contributed by atoms with Crippen LogP contribution in [0.15, 0.2) is 78.5 Å². The number of H-pyrrole nitrogens is 1. The van der Waals surface area contributed by atoms with Crippen LogP contribution in [0.1, 0.15) is 35.2 Å². The Morgan fingerprint density at radius 1 is 1.03 bits per heavy atom. The van der Waals surface area contributed by atoms with Gasteiger partial charge in [0.25, 0.3) is 11.7 Å². The van der Waals surface area contributed by atoms with Crippen molar-refractivity contribution in [2.45, 2.75) is 26.8 Å². The molecule has 35 heavy (non-hydrogen) atoms. The van der Waals surface area contributed by atoms with Crippen LogP contribution in [0.4, 0.5) is 5.69 Å². The molecule has 1 unspecified atom stereocenters. The number of aliphatic hydroxyl groups excluding tert-OH is 1. The maximum Gasteiger partial charge on any atom is 0.300 e. The Labute approximate surface area is 203 Å². The summed E-state index contributed by atoms with van der Waals surface area (Å²) in [6, 6.07) is 19.6. The predicted molar refractivity (Wildman–Crippen MR) is 137 cm³/mol. The smallest absolute Gasteiger partial charge is 0.300 e. The van der Waals surface area contributed by atoms with Gasteiger partial charge in [0.05, 0.1) is 18.2 Å². The number of carbonyl (C=O) groups excluding carboxylic acids is 2. The highest BCUT2D eigenvalue weighted by molar-refractivity contribution is 6.52. The normalized spacial score (nSPS) is 17.3. The summed E-state index contributed by atoms with van der Waals surface area (Å²) < 4.78 is 5.55. The van der Waals surface area contributed by atoms with Crippen LogP contribution in [-0.2, 0) is 9.59 Å². The summed E-state index contributed by atoms with van der Waals surface area (Å²) in [5.74, 6) is -0.899. The molecule has 1 saturated heterocycles. The molecule has 1 aromatic heterocycles. The van der Waals surface area contributed by atoms with E-state index in [1.54, 1.807) is 30.5 Å². The summed E-state index contributed by atoms with van der Waals surface area (Å²) in [4.78, 5) is 31.6. The van der Waals surface area contributed by atoms with E-state index >= 15 is 0 Å². The minimum atomic E-state index is -0.802. The van der Waals surface area contributed by atoms with E-state index in [2.05, 4.69) is 4.98 Å². The number of ketones is 1. The molecule has 1 atom stereocenters. The second-order valence-corrected chi connectivity index (χ2v) is 8.70. The second kappa shape index (κ2) is 8.80. The fraction of sp³-hybridized carbons (Fsp3) is 0.172. The van der Waals surface area contributed by atoms with Gasteiger partial charge in [-0.05, 0) is 62.7 Å². The quantitative estimate of drug-likeness (QED) is 0.221. The summed E-state index contributed by atoms with van der Waals surface area (Å²) in [5.41, 5.74) is 4.54. The summed E-state index contributed by atoms with van der Waals surface area (Å²) in [6.45, 7) is 6.22. The lowest BCUT2D eigenvalue weighted by Crippen LogP contribution is -2.29. The SMILES string of the molecule is CCOc1ccc(N2C(=O)C(=O)/C(=C(/O)c3cc(C)ccc3C)C2c2c[nH]c3ccccc23)cc1. The van der Waals surface area contributed by atoms with E-state index in [1.807, 2.05) is 63.2 Å². The van der Waals surface area contributed by atoms with E-state index in [0.29, 0.717) is 23.6 Å². The van der Waals surface area contributed by atoms with Crippen molar-refractivity contribution in [2.24, 2.45) is 0 Å². The number of carbonyl (C=O) groups is 2. The van der Waals surface area contributed by atoms with Gasteiger partial charge in [0.15, 0.2) is 0 Å². The fourth-order valence-electron chi connectivity index (χ4n) is 4.72. The van der Waals surface area contributed by atoms with Gasteiger partial charge in [0.1, 0.15) is 11.5 Å². The average molecular weight is 467 g/mol. The molecule has 1 aliphatic rings. The van der Waals surface area contributed by atoms with Crippen LogP contribution in [0, 0.1) is 13.8 Å². The molecule has 0 aliphatic carbocycles. The summed E-state index contributed by atoms with van der Waals surface area (Å²) in [6.07, 6.45) is 1.80. The number of para-hydroxylation sites is 1. The van der Waals surface area contributed by atoms with Crippen molar-refractivity contribution in [3.8, 4) is 5.75 Å². The molecule has 1 amide bonds. The lowest BCUT2D eigenvalue weighted by atomic mass is 9.93. The van der Waals surface area contributed by atoms with Crippen LogP contribution in [0.2, 0.25) is 0 Å². The second-order valence-electron chi connectivity index (χ2n) is 8.70. The van der Waals surface area contributed by atoms with Gasteiger partial charge < -0.3 is 14.8 Å². The number of hydrogen-bond donors (Lipinski definition) is 2. The number of hydrogen-bond acceptors (Lipinski definition) is 4. The number of rotatable bonds is 5. The fourth-order valence-corrected chi connectivity index (χ4v) is 4.72. The Bertz CT molecular complexity index is 1480. The zero-order chi connectivity index (χ0) is 24.7. The number of aromatic nitrogens is 1. The Morgan fingerprint density at radius 3 is 2.51 bits per heavy atom. The number of amides is 1.